The fourth-order valence-electron chi connectivity index (χ4n) is 3.40. The van der Waals surface area contributed by atoms with Gasteiger partial charge in [0.05, 0.1) is 11.6 Å². The summed E-state index contributed by atoms with van der Waals surface area (Å²) < 4.78 is 10.4. The van der Waals surface area contributed by atoms with Gasteiger partial charge in [0.2, 0.25) is 0 Å². The lowest BCUT2D eigenvalue weighted by atomic mass is 9.88. The molecule has 0 aliphatic carbocycles. The van der Waals surface area contributed by atoms with E-state index in [1.165, 1.54) is 11.1 Å². The highest BCUT2D eigenvalue weighted by Crippen LogP contribution is 2.37. The number of amides is 1. The van der Waals surface area contributed by atoms with E-state index < -0.39 is 6.09 Å². The number of carbonyl (C=O) groups is 1. The third-order valence-electron chi connectivity index (χ3n) is 4.81. The van der Waals surface area contributed by atoms with Crippen LogP contribution in [0.25, 0.3) is 0 Å². The van der Waals surface area contributed by atoms with Crippen LogP contribution in [-0.4, -0.2) is 51.4 Å². The summed E-state index contributed by atoms with van der Waals surface area (Å²) in [5.41, 5.74) is 3.60. The summed E-state index contributed by atoms with van der Waals surface area (Å²) in [6.07, 6.45) is 0.380. The van der Waals surface area contributed by atoms with Crippen molar-refractivity contribution >= 4 is 17.7 Å². The molecule has 1 aliphatic heterocycles. The maximum atomic E-state index is 12.0. The third kappa shape index (κ3) is 5.01. The van der Waals surface area contributed by atoms with Crippen molar-refractivity contribution in [3.63, 3.8) is 0 Å². The standard InChI is InChI=1S/C21H25ClN2O3/c1-24-10-8-16-12-19(22)20(27-21(25)23-9-11-26-2)13-17(16)18(14-24)15-6-4-3-5-7-15/h3-7,12-13,18H,8-11,14H2,1-2H3,(H,23,25). The Morgan fingerprint density at radius 3 is 2.81 bits per heavy atom. The summed E-state index contributed by atoms with van der Waals surface area (Å²) in [5, 5.41) is 3.10. The number of benzene rings is 2. The van der Waals surface area contributed by atoms with Gasteiger partial charge in [0.1, 0.15) is 0 Å². The second-order valence-electron chi connectivity index (χ2n) is 6.77. The van der Waals surface area contributed by atoms with Gasteiger partial charge >= 0.3 is 6.09 Å². The molecule has 1 atom stereocenters. The molecule has 2 aromatic rings. The van der Waals surface area contributed by atoms with E-state index in [0.29, 0.717) is 23.9 Å². The average molecular weight is 389 g/mol. The predicted molar refractivity (Wildman–Crippen MR) is 107 cm³/mol. The third-order valence-corrected chi connectivity index (χ3v) is 5.10. The van der Waals surface area contributed by atoms with Gasteiger partial charge in [-0.1, -0.05) is 41.9 Å². The van der Waals surface area contributed by atoms with Gasteiger partial charge in [0.25, 0.3) is 0 Å². The molecular formula is C21H25ClN2O3. The zero-order valence-electron chi connectivity index (χ0n) is 15.7. The Labute approximate surface area is 165 Å². The molecule has 1 amide bonds. The molecule has 0 aromatic heterocycles. The molecule has 5 nitrogen and oxygen atoms in total. The first-order chi connectivity index (χ1) is 13.1. The molecule has 6 heteroatoms. The summed E-state index contributed by atoms with van der Waals surface area (Å²) in [5.74, 6) is 0.584. The average Bonchev–Trinajstić information content (AvgIpc) is 2.82. The Morgan fingerprint density at radius 2 is 2.07 bits per heavy atom. The van der Waals surface area contributed by atoms with E-state index in [4.69, 9.17) is 21.1 Å². The molecule has 0 saturated carbocycles. The van der Waals surface area contributed by atoms with Crippen LogP contribution in [0, 0.1) is 0 Å². The lowest BCUT2D eigenvalue weighted by Crippen LogP contribution is -2.30. The zero-order valence-corrected chi connectivity index (χ0v) is 16.5. The molecule has 0 spiro atoms. The van der Waals surface area contributed by atoms with Gasteiger partial charge in [0, 0.05) is 32.7 Å². The van der Waals surface area contributed by atoms with Crippen molar-refractivity contribution in [2.45, 2.75) is 12.3 Å². The number of hydrogen-bond donors (Lipinski definition) is 1. The Balaban J connectivity index is 1.90. The van der Waals surface area contributed by atoms with Crippen molar-refractivity contribution in [3.8, 4) is 5.75 Å². The van der Waals surface area contributed by atoms with Crippen molar-refractivity contribution in [1.82, 2.24) is 10.2 Å². The number of carbonyl (C=O) groups excluding carboxylic acids is 1. The van der Waals surface area contributed by atoms with Crippen molar-refractivity contribution in [1.29, 1.82) is 0 Å². The molecular weight excluding hydrogens is 364 g/mol. The van der Waals surface area contributed by atoms with Crippen molar-refractivity contribution in [3.05, 3.63) is 64.2 Å². The van der Waals surface area contributed by atoms with Crippen molar-refractivity contribution in [2.75, 3.05) is 40.4 Å². The van der Waals surface area contributed by atoms with Gasteiger partial charge in [-0.15, -0.1) is 0 Å². The van der Waals surface area contributed by atoms with E-state index in [9.17, 15) is 4.79 Å². The highest BCUT2D eigenvalue weighted by Gasteiger charge is 2.25. The summed E-state index contributed by atoms with van der Waals surface area (Å²) in [7, 11) is 3.71. The normalized spacial score (nSPS) is 17.1. The molecule has 1 heterocycles. The van der Waals surface area contributed by atoms with Gasteiger partial charge in [-0.25, -0.2) is 4.79 Å². The predicted octanol–water partition coefficient (Wildman–Crippen LogP) is 3.69. The number of rotatable bonds is 5. The minimum Gasteiger partial charge on any atom is -0.409 e. The first kappa shape index (κ1) is 19.7. The number of methoxy groups -OCH3 is 1. The Kier molecular flexibility index (Phi) is 6.72. The fourth-order valence-corrected chi connectivity index (χ4v) is 3.63. The highest BCUT2D eigenvalue weighted by molar-refractivity contribution is 6.32. The minimum atomic E-state index is -0.532. The van der Waals surface area contributed by atoms with E-state index in [0.717, 1.165) is 25.1 Å². The van der Waals surface area contributed by atoms with Gasteiger partial charge in [-0.3, -0.25) is 0 Å². The summed E-state index contributed by atoms with van der Waals surface area (Å²) in [6.45, 7) is 2.67. The quantitative estimate of drug-likeness (QED) is 0.793. The van der Waals surface area contributed by atoms with Crippen LogP contribution in [0.2, 0.25) is 5.02 Å². The van der Waals surface area contributed by atoms with Crippen LogP contribution in [0.4, 0.5) is 4.79 Å². The zero-order chi connectivity index (χ0) is 19.2. The van der Waals surface area contributed by atoms with Gasteiger partial charge in [-0.05, 0) is 42.3 Å². The Bertz CT molecular complexity index is 782. The van der Waals surface area contributed by atoms with Crippen LogP contribution in [0.3, 0.4) is 0 Å². The van der Waals surface area contributed by atoms with Crippen molar-refractivity contribution < 1.29 is 14.3 Å². The smallest absolute Gasteiger partial charge is 0.409 e. The highest BCUT2D eigenvalue weighted by atomic mass is 35.5. The number of hydrogen-bond acceptors (Lipinski definition) is 4. The Morgan fingerprint density at radius 1 is 1.30 bits per heavy atom. The number of nitrogens with zero attached hydrogens (tertiary/aromatic N) is 1. The lowest BCUT2D eigenvalue weighted by molar-refractivity contribution is 0.180. The lowest BCUT2D eigenvalue weighted by Gasteiger charge is -2.22. The molecule has 1 aliphatic rings. The molecule has 0 radical (unpaired) electrons. The molecule has 27 heavy (non-hydrogen) atoms. The number of fused-ring (bicyclic) bond motifs is 1. The van der Waals surface area contributed by atoms with E-state index in [1.54, 1.807) is 7.11 Å². The molecule has 0 saturated heterocycles. The molecule has 0 bridgehead atoms. The van der Waals surface area contributed by atoms with Gasteiger partial charge < -0.3 is 19.7 Å². The first-order valence-electron chi connectivity index (χ1n) is 9.09. The SMILES string of the molecule is COCCNC(=O)Oc1cc2c(cc1Cl)CCN(C)CC2c1ccccc1. The Hall–Kier alpha value is -2.08. The van der Waals surface area contributed by atoms with Crippen molar-refractivity contribution in [2.24, 2.45) is 0 Å². The number of ether oxygens (including phenoxy) is 2. The summed E-state index contributed by atoms with van der Waals surface area (Å²) >= 11 is 6.41. The monoisotopic (exact) mass is 388 g/mol. The topological polar surface area (TPSA) is 50.8 Å². The van der Waals surface area contributed by atoms with E-state index >= 15 is 0 Å². The first-order valence-corrected chi connectivity index (χ1v) is 9.46. The summed E-state index contributed by atoms with van der Waals surface area (Å²) in [6, 6.07) is 14.3. The van der Waals surface area contributed by atoms with Gasteiger partial charge in [0.15, 0.2) is 5.75 Å². The number of halogens is 1. The van der Waals surface area contributed by atoms with Crippen LogP contribution >= 0.6 is 11.6 Å². The number of likely N-dealkylation sites (N-methyl/N-ethyl adjacent to an activating group) is 1. The summed E-state index contributed by atoms with van der Waals surface area (Å²) in [4.78, 5) is 14.3. The molecule has 1 unspecified atom stereocenters. The molecule has 0 fully saturated rings. The minimum absolute atomic E-state index is 0.199. The largest absolute Gasteiger partial charge is 0.412 e. The van der Waals surface area contributed by atoms with E-state index in [2.05, 4.69) is 41.5 Å². The molecule has 2 aromatic carbocycles. The molecule has 1 N–H and O–H groups in total. The maximum absolute atomic E-state index is 12.0. The maximum Gasteiger partial charge on any atom is 0.412 e. The van der Waals surface area contributed by atoms with Crippen LogP contribution in [0.15, 0.2) is 42.5 Å². The molecule has 3 rings (SSSR count). The fraction of sp³-hybridized carbons (Fsp3) is 0.381. The van der Waals surface area contributed by atoms with Gasteiger partial charge in [-0.2, -0.15) is 0 Å². The molecule has 144 valence electrons. The van der Waals surface area contributed by atoms with Crippen LogP contribution in [-0.2, 0) is 11.2 Å². The second-order valence-corrected chi connectivity index (χ2v) is 7.17. The second kappa shape index (κ2) is 9.22. The van der Waals surface area contributed by atoms with Crippen LogP contribution in [0.1, 0.15) is 22.6 Å². The number of nitrogens with one attached hydrogen (secondary N) is 1. The van der Waals surface area contributed by atoms with E-state index in [1.807, 2.05) is 18.2 Å². The van der Waals surface area contributed by atoms with Crippen LogP contribution < -0.4 is 10.1 Å². The van der Waals surface area contributed by atoms with Crippen LogP contribution in [0.5, 0.6) is 5.75 Å². The van der Waals surface area contributed by atoms with E-state index in [-0.39, 0.29) is 5.92 Å².